The topological polar surface area (TPSA) is 55.6 Å². The van der Waals surface area contributed by atoms with Crippen LogP contribution in [0.25, 0.3) is 23.0 Å². The van der Waals surface area contributed by atoms with E-state index in [-0.39, 0.29) is 5.91 Å². The number of imidazole rings is 1. The third-order valence-electron chi connectivity index (χ3n) is 5.24. The maximum absolute atomic E-state index is 12.6. The van der Waals surface area contributed by atoms with Gasteiger partial charge in [-0.1, -0.05) is 43.7 Å². The second kappa shape index (κ2) is 9.74. The lowest BCUT2D eigenvalue weighted by atomic mass is 10.1. The standard InChI is InChI=1S/C28H29N3O2/c1-19(2)18-33-24-11-9-23(10-12-24)29-27(32)14-13-25-28(22-7-5-20(3)6-8-22)30-26-17-21(4)15-16-31(25)26/h5-17,19H,18H2,1-4H3,(H,29,32)/b14-13+. The number of carbonyl (C=O) groups excluding carboxylic acids is 1. The summed E-state index contributed by atoms with van der Waals surface area (Å²) in [6, 6.07) is 19.7. The van der Waals surface area contributed by atoms with Gasteiger partial charge in [0.15, 0.2) is 0 Å². The Kier molecular flexibility index (Phi) is 6.59. The Morgan fingerprint density at radius 2 is 1.76 bits per heavy atom. The van der Waals surface area contributed by atoms with E-state index in [0.29, 0.717) is 18.2 Å². The Morgan fingerprint density at radius 3 is 2.45 bits per heavy atom. The number of hydrogen-bond acceptors (Lipinski definition) is 3. The predicted octanol–water partition coefficient (Wildman–Crippen LogP) is 6.30. The zero-order valence-electron chi connectivity index (χ0n) is 19.5. The van der Waals surface area contributed by atoms with Crippen molar-refractivity contribution in [3.63, 3.8) is 0 Å². The first-order valence-corrected chi connectivity index (χ1v) is 11.2. The molecule has 2 aromatic carbocycles. The number of nitrogens with one attached hydrogen (secondary N) is 1. The third-order valence-corrected chi connectivity index (χ3v) is 5.24. The van der Waals surface area contributed by atoms with Crippen molar-refractivity contribution in [1.29, 1.82) is 0 Å². The van der Waals surface area contributed by atoms with Gasteiger partial charge in [0, 0.05) is 23.5 Å². The minimum Gasteiger partial charge on any atom is -0.493 e. The number of hydrogen-bond donors (Lipinski definition) is 1. The van der Waals surface area contributed by atoms with Crippen molar-refractivity contribution in [2.45, 2.75) is 27.7 Å². The number of pyridine rings is 1. The summed E-state index contributed by atoms with van der Waals surface area (Å²) in [6.07, 6.45) is 5.35. The Labute approximate surface area is 194 Å². The molecular weight excluding hydrogens is 410 g/mol. The number of anilines is 1. The fraction of sp³-hybridized carbons (Fsp3) is 0.214. The molecule has 1 amide bonds. The molecule has 0 aliphatic carbocycles. The molecule has 2 heterocycles. The SMILES string of the molecule is Cc1ccc(-c2nc3cc(C)ccn3c2/C=C/C(=O)Nc2ccc(OCC(C)C)cc2)cc1. The van der Waals surface area contributed by atoms with Crippen LogP contribution in [0.3, 0.4) is 0 Å². The number of nitrogens with zero attached hydrogens (tertiary/aromatic N) is 2. The predicted molar refractivity (Wildman–Crippen MR) is 135 cm³/mol. The number of aryl methyl sites for hydroxylation is 2. The minimum atomic E-state index is -0.206. The first-order valence-electron chi connectivity index (χ1n) is 11.2. The lowest BCUT2D eigenvalue weighted by Crippen LogP contribution is -2.08. The van der Waals surface area contributed by atoms with E-state index in [1.807, 2.05) is 60.0 Å². The number of benzene rings is 2. The van der Waals surface area contributed by atoms with Crippen LogP contribution in [-0.2, 0) is 4.79 Å². The molecule has 1 N–H and O–H groups in total. The van der Waals surface area contributed by atoms with Crippen LogP contribution in [0, 0.1) is 19.8 Å². The largest absolute Gasteiger partial charge is 0.493 e. The fourth-order valence-electron chi connectivity index (χ4n) is 3.48. The molecule has 168 valence electrons. The molecule has 0 aliphatic heterocycles. The Hall–Kier alpha value is -3.86. The number of ether oxygens (including phenoxy) is 1. The first-order chi connectivity index (χ1) is 15.9. The summed E-state index contributed by atoms with van der Waals surface area (Å²) in [6.45, 7) is 8.98. The quantitative estimate of drug-likeness (QED) is 0.344. The van der Waals surface area contributed by atoms with Crippen LogP contribution in [0.4, 0.5) is 5.69 Å². The highest BCUT2D eigenvalue weighted by Gasteiger charge is 2.12. The molecule has 0 unspecified atom stereocenters. The summed E-state index contributed by atoms with van der Waals surface area (Å²) in [5.41, 5.74) is 6.61. The smallest absolute Gasteiger partial charge is 0.248 e. The van der Waals surface area contributed by atoms with Crippen LogP contribution in [0.15, 0.2) is 72.9 Å². The second-order valence-electron chi connectivity index (χ2n) is 8.70. The van der Waals surface area contributed by atoms with Gasteiger partial charge in [0.25, 0.3) is 0 Å². The van der Waals surface area contributed by atoms with Crippen molar-refractivity contribution in [2.24, 2.45) is 5.92 Å². The number of rotatable bonds is 7. The van der Waals surface area contributed by atoms with Gasteiger partial charge in [-0.2, -0.15) is 0 Å². The maximum atomic E-state index is 12.6. The lowest BCUT2D eigenvalue weighted by molar-refractivity contribution is -0.111. The van der Waals surface area contributed by atoms with E-state index in [4.69, 9.17) is 9.72 Å². The van der Waals surface area contributed by atoms with Gasteiger partial charge < -0.3 is 10.1 Å². The summed E-state index contributed by atoms with van der Waals surface area (Å²) in [5.74, 6) is 1.05. The van der Waals surface area contributed by atoms with Gasteiger partial charge in [-0.05, 0) is 67.8 Å². The molecule has 0 saturated carbocycles. The molecule has 0 spiro atoms. The Bertz CT molecular complexity index is 1280. The van der Waals surface area contributed by atoms with Crippen LogP contribution < -0.4 is 10.1 Å². The van der Waals surface area contributed by atoms with Crippen LogP contribution in [0.1, 0.15) is 30.7 Å². The molecule has 0 aliphatic rings. The Morgan fingerprint density at radius 1 is 1.03 bits per heavy atom. The van der Waals surface area contributed by atoms with Crippen molar-refractivity contribution in [3.8, 4) is 17.0 Å². The molecule has 33 heavy (non-hydrogen) atoms. The van der Waals surface area contributed by atoms with Crippen molar-refractivity contribution in [3.05, 3.63) is 89.8 Å². The van der Waals surface area contributed by atoms with Crippen LogP contribution in [0.5, 0.6) is 5.75 Å². The molecule has 2 aromatic heterocycles. The molecule has 0 radical (unpaired) electrons. The summed E-state index contributed by atoms with van der Waals surface area (Å²) in [7, 11) is 0. The summed E-state index contributed by atoms with van der Waals surface area (Å²) >= 11 is 0. The fourth-order valence-corrected chi connectivity index (χ4v) is 3.48. The van der Waals surface area contributed by atoms with Crippen LogP contribution in [-0.4, -0.2) is 21.9 Å². The van der Waals surface area contributed by atoms with Crippen LogP contribution >= 0.6 is 0 Å². The lowest BCUT2D eigenvalue weighted by Gasteiger charge is -2.09. The van der Waals surface area contributed by atoms with Gasteiger partial charge in [-0.15, -0.1) is 0 Å². The molecule has 4 rings (SSSR count). The average molecular weight is 440 g/mol. The normalized spacial score (nSPS) is 11.4. The molecule has 0 fully saturated rings. The van der Waals surface area contributed by atoms with Crippen molar-refractivity contribution in [2.75, 3.05) is 11.9 Å². The van der Waals surface area contributed by atoms with Crippen molar-refractivity contribution >= 4 is 23.3 Å². The van der Waals surface area contributed by atoms with E-state index < -0.39 is 0 Å². The molecule has 5 nitrogen and oxygen atoms in total. The highest BCUT2D eigenvalue weighted by atomic mass is 16.5. The van der Waals surface area contributed by atoms with Crippen molar-refractivity contribution < 1.29 is 9.53 Å². The van der Waals surface area contributed by atoms with Crippen molar-refractivity contribution in [1.82, 2.24) is 9.38 Å². The van der Waals surface area contributed by atoms with Gasteiger partial charge in [0.1, 0.15) is 11.4 Å². The van der Waals surface area contributed by atoms with Gasteiger partial charge in [0.2, 0.25) is 5.91 Å². The summed E-state index contributed by atoms with van der Waals surface area (Å²) < 4.78 is 7.71. The van der Waals surface area contributed by atoms with E-state index in [1.165, 1.54) is 5.56 Å². The van der Waals surface area contributed by atoms with E-state index in [1.54, 1.807) is 6.08 Å². The Balaban J connectivity index is 1.56. The molecule has 0 atom stereocenters. The van der Waals surface area contributed by atoms with Gasteiger partial charge >= 0.3 is 0 Å². The molecule has 5 heteroatoms. The number of amides is 1. The summed E-state index contributed by atoms with van der Waals surface area (Å²) in [5, 5.41) is 2.91. The molecular formula is C28H29N3O2. The van der Waals surface area contributed by atoms with Gasteiger partial charge in [-0.3, -0.25) is 9.20 Å². The zero-order valence-corrected chi connectivity index (χ0v) is 19.5. The zero-order chi connectivity index (χ0) is 23.4. The van der Waals surface area contributed by atoms with Crippen LogP contribution in [0.2, 0.25) is 0 Å². The third kappa shape index (κ3) is 5.50. The minimum absolute atomic E-state index is 0.206. The van der Waals surface area contributed by atoms with Gasteiger partial charge in [-0.25, -0.2) is 4.98 Å². The number of aromatic nitrogens is 2. The monoisotopic (exact) mass is 439 g/mol. The second-order valence-corrected chi connectivity index (χ2v) is 8.70. The molecule has 4 aromatic rings. The first kappa shape index (κ1) is 22.3. The molecule has 0 bridgehead atoms. The van der Waals surface area contributed by atoms with E-state index in [2.05, 4.69) is 50.4 Å². The highest BCUT2D eigenvalue weighted by Crippen LogP contribution is 2.26. The average Bonchev–Trinajstić information content (AvgIpc) is 3.15. The van der Waals surface area contributed by atoms with E-state index in [0.717, 1.165) is 33.9 Å². The van der Waals surface area contributed by atoms with Gasteiger partial charge in [0.05, 0.1) is 18.0 Å². The molecule has 0 saturated heterocycles. The summed E-state index contributed by atoms with van der Waals surface area (Å²) in [4.78, 5) is 17.5. The number of fused-ring (bicyclic) bond motifs is 1. The van der Waals surface area contributed by atoms with E-state index >= 15 is 0 Å². The highest BCUT2D eigenvalue weighted by molar-refractivity contribution is 6.02. The van der Waals surface area contributed by atoms with E-state index in [9.17, 15) is 4.79 Å². The maximum Gasteiger partial charge on any atom is 0.248 e. The number of carbonyl (C=O) groups is 1.